The molecule has 7 heteroatoms. The molecule has 0 radical (unpaired) electrons. The van der Waals surface area contributed by atoms with Gasteiger partial charge in [-0.2, -0.15) is 0 Å². The number of alkyl halides is 4. The van der Waals surface area contributed by atoms with Gasteiger partial charge in [0.05, 0.1) is 5.34 Å². The van der Waals surface area contributed by atoms with E-state index in [1.54, 1.807) is 0 Å². The van der Waals surface area contributed by atoms with Crippen LogP contribution in [0.15, 0.2) is 0 Å². The van der Waals surface area contributed by atoms with E-state index in [9.17, 15) is 13.6 Å². The molecule has 1 N–H and O–H groups in total. The maximum Gasteiger partial charge on any atom is 0.407 e. The summed E-state index contributed by atoms with van der Waals surface area (Å²) in [5, 5.41) is 2.83. The smallest absolute Gasteiger partial charge is 0.407 e. The van der Waals surface area contributed by atoms with Crippen LogP contribution < -0.4 is 5.32 Å². The van der Waals surface area contributed by atoms with Crippen molar-refractivity contribution >= 4 is 29.3 Å². The molecule has 1 aliphatic carbocycles. The Kier molecular flexibility index (Phi) is 7.98. The zero-order valence-electron chi connectivity index (χ0n) is 11.4. The van der Waals surface area contributed by atoms with Crippen LogP contribution >= 0.6 is 23.2 Å². The molecule has 0 aromatic carbocycles. The standard InChI is InChI=1S/C11H19F2NO2.CH2Cl2/c1-10(2,3)14-9(15)16-8-4-6-11(12,13)7-5-8;2-1-3/h8H,4-7H2,1-3H3,(H,14,15);1H2. The van der Waals surface area contributed by atoms with Crippen molar-refractivity contribution in [1.29, 1.82) is 0 Å². The number of carbonyl (C=O) groups is 1. The van der Waals surface area contributed by atoms with Gasteiger partial charge in [0, 0.05) is 18.4 Å². The first-order chi connectivity index (χ1) is 8.59. The van der Waals surface area contributed by atoms with Crippen molar-refractivity contribution in [2.24, 2.45) is 0 Å². The van der Waals surface area contributed by atoms with Crippen molar-refractivity contribution < 1.29 is 18.3 Å². The van der Waals surface area contributed by atoms with E-state index in [4.69, 9.17) is 27.9 Å². The Morgan fingerprint density at radius 3 is 2.11 bits per heavy atom. The van der Waals surface area contributed by atoms with Crippen LogP contribution in [-0.2, 0) is 4.74 Å². The molecule has 0 atom stereocenters. The minimum Gasteiger partial charge on any atom is -0.446 e. The number of rotatable bonds is 1. The molecule has 114 valence electrons. The molecule has 1 rings (SSSR count). The Bertz CT molecular complexity index is 273. The van der Waals surface area contributed by atoms with Gasteiger partial charge in [-0.15, -0.1) is 23.2 Å². The summed E-state index contributed by atoms with van der Waals surface area (Å²) in [5.74, 6) is -2.58. The van der Waals surface area contributed by atoms with E-state index >= 15 is 0 Å². The predicted molar refractivity (Wildman–Crippen MR) is 73.1 cm³/mol. The highest BCUT2D eigenvalue weighted by Crippen LogP contribution is 2.34. The minimum atomic E-state index is -2.58. The van der Waals surface area contributed by atoms with Crippen LogP contribution in [0.25, 0.3) is 0 Å². The van der Waals surface area contributed by atoms with Crippen LogP contribution in [0.4, 0.5) is 13.6 Å². The molecular formula is C12H21Cl2F2NO2. The van der Waals surface area contributed by atoms with Gasteiger partial charge in [0.25, 0.3) is 0 Å². The molecule has 0 unspecified atom stereocenters. The van der Waals surface area contributed by atoms with Crippen molar-refractivity contribution in [3.05, 3.63) is 0 Å². The Hall–Kier alpha value is -0.290. The van der Waals surface area contributed by atoms with E-state index in [1.807, 2.05) is 20.8 Å². The summed E-state index contributed by atoms with van der Waals surface area (Å²) in [5.41, 5.74) is -0.365. The second-order valence-electron chi connectivity index (χ2n) is 5.44. The van der Waals surface area contributed by atoms with Gasteiger partial charge in [-0.1, -0.05) is 0 Å². The largest absolute Gasteiger partial charge is 0.446 e. The van der Waals surface area contributed by atoms with Crippen molar-refractivity contribution in [3.8, 4) is 0 Å². The summed E-state index contributed by atoms with van der Waals surface area (Å²) in [7, 11) is 0. The first-order valence-electron chi connectivity index (χ1n) is 6.08. The highest BCUT2D eigenvalue weighted by Gasteiger charge is 2.36. The molecule has 1 saturated carbocycles. The Balaban J connectivity index is 0.000000982. The van der Waals surface area contributed by atoms with E-state index in [1.165, 1.54) is 0 Å². The number of alkyl carbamates (subject to hydrolysis) is 1. The third-order valence-corrected chi connectivity index (χ3v) is 2.41. The lowest BCUT2D eigenvalue weighted by Gasteiger charge is -2.29. The summed E-state index contributed by atoms with van der Waals surface area (Å²) in [6.07, 6.45) is -0.805. The lowest BCUT2D eigenvalue weighted by molar-refractivity contribution is -0.0659. The van der Waals surface area contributed by atoms with Gasteiger partial charge < -0.3 is 10.1 Å². The van der Waals surface area contributed by atoms with Gasteiger partial charge in [-0.3, -0.25) is 0 Å². The normalized spacial score (nSPS) is 19.1. The highest BCUT2D eigenvalue weighted by atomic mass is 35.5. The molecule has 3 nitrogen and oxygen atoms in total. The molecular weight excluding hydrogens is 299 g/mol. The lowest BCUT2D eigenvalue weighted by Crippen LogP contribution is -2.43. The van der Waals surface area contributed by atoms with Crippen molar-refractivity contribution in [3.63, 3.8) is 0 Å². The van der Waals surface area contributed by atoms with Gasteiger partial charge >= 0.3 is 6.09 Å². The summed E-state index contributed by atoms with van der Waals surface area (Å²) >= 11 is 9.53. The lowest BCUT2D eigenvalue weighted by atomic mass is 9.94. The molecule has 0 aromatic rings. The molecule has 0 aromatic heterocycles. The van der Waals surface area contributed by atoms with Gasteiger partial charge in [-0.05, 0) is 33.6 Å². The fraction of sp³-hybridized carbons (Fsp3) is 0.917. The number of hydrogen-bond donors (Lipinski definition) is 1. The summed E-state index contributed by atoms with van der Waals surface area (Å²) in [4.78, 5) is 11.4. The SMILES string of the molecule is CC(C)(C)NC(=O)OC1CCC(F)(F)CC1.ClCCl. The van der Waals surface area contributed by atoms with Crippen LogP contribution in [0.5, 0.6) is 0 Å². The number of hydrogen-bond acceptors (Lipinski definition) is 2. The number of halogens is 4. The van der Waals surface area contributed by atoms with E-state index in [0.717, 1.165) is 0 Å². The summed E-state index contributed by atoms with van der Waals surface area (Å²) < 4.78 is 30.7. The van der Waals surface area contributed by atoms with E-state index in [2.05, 4.69) is 5.32 Å². The number of carbonyl (C=O) groups excluding carboxylic acids is 1. The number of nitrogens with one attached hydrogen (secondary N) is 1. The quantitative estimate of drug-likeness (QED) is 0.722. The molecule has 19 heavy (non-hydrogen) atoms. The number of amides is 1. The average molecular weight is 320 g/mol. The zero-order chi connectivity index (χ0) is 15.1. The van der Waals surface area contributed by atoms with Gasteiger partial charge in [0.2, 0.25) is 5.92 Å². The van der Waals surface area contributed by atoms with Crippen LogP contribution in [0.3, 0.4) is 0 Å². The topological polar surface area (TPSA) is 38.3 Å². The van der Waals surface area contributed by atoms with Gasteiger partial charge in [-0.25, -0.2) is 13.6 Å². The van der Waals surface area contributed by atoms with Crippen LogP contribution in [0.1, 0.15) is 46.5 Å². The fourth-order valence-electron chi connectivity index (χ4n) is 1.62. The molecule has 1 fully saturated rings. The Morgan fingerprint density at radius 1 is 1.32 bits per heavy atom. The van der Waals surface area contributed by atoms with E-state index < -0.39 is 12.0 Å². The minimum absolute atomic E-state index is 0.194. The molecule has 1 aliphatic rings. The monoisotopic (exact) mass is 319 g/mol. The van der Waals surface area contributed by atoms with Crippen molar-refractivity contribution in [1.82, 2.24) is 5.32 Å². The summed E-state index contributed by atoms with van der Waals surface area (Å²) in [6.45, 7) is 5.51. The predicted octanol–water partition coefficient (Wildman–Crippen LogP) is 4.51. The van der Waals surface area contributed by atoms with Crippen molar-refractivity contribution in [2.75, 3.05) is 5.34 Å². The average Bonchev–Trinajstić information content (AvgIpc) is 2.20. The van der Waals surface area contributed by atoms with Gasteiger partial charge in [0.15, 0.2) is 0 Å². The second kappa shape index (κ2) is 8.10. The fourth-order valence-corrected chi connectivity index (χ4v) is 1.62. The molecule has 0 heterocycles. The highest BCUT2D eigenvalue weighted by molar-refractivity contribution is 6.40. The summed E-state index contributed by atoms with van der Waals surface area (Å²) in [6, 6.07) is 0. The second-order valence-corrected chi connectivity index (χ2v) is 6.24. The van der Waals surface area contributed by atoms with Crippen LogP contribution in [0, 0.1) is 0 Å². The molecule has 1 amide bonds. The molecule has 0 aliphatic heterocycles. The van der Waals surface area contributed by atoms with E-state index in [-0.39, 0.29) is 42.7 Å². The van der Waals surface area contributed by atoms with Gasteiger partial charge in [0.1, 0.15) is 6.10 Å². The maximum absolute atomic E-state index is 12.8. The molecule has 0 bridgehead atoms. The zero-order valence-corrected chi connectivity index (χ0v) is 13.0. The number of ether oxygens (including phenoxy) is 1. The van der Waals surface area contributed by atoms with Crippen molar-refractivity contribution in [2.45, 2.75) is 64.0 Å². The van der Waals surface area contributed by atoms with Crippen LogP contribution in [-0.4, -0.2) is 29.0 Å². The Morgan fingerprint density at radius 2 is 1.74 bits per heavy atom. The van der Waals surface area contributed by atoms with E-state index in [0.29, 0.717) is 0 Å². The first kappa shape index (κ1) is 18.7. The third kappa shape index (κ3) is 10.2. The van der Waals surface area contributed by atoms with Crippen LogP contribution in [0.2, 0.25) is 0 Å². The third-order valence-electron chi connectivity index (χ3n) is 2.41. The maximum atomic E-state index is 12.8. The molecule has 0 spiro atoms. The Labute approximate surface area is 123 Å². The first-order valence-corrected chi connectivity index (χ1v) is 7.15. The molecule has 0 saturated heterocycles.